The standard InChI is InChI=1S/C9H10ClN3OS/c10-6-3-1-2-4-7(6)13-9(15)12-5-8(11)14/h1-4H,5H2,(H2,11,14)(H2,12,13,15). The molecule has 0 aliphatic rings. The Morgan fingerprint density at radius 2 is 2.13 bits per heavy atom. The van der Waals surface area contributed by atoms with Gasteiger partial charge in [-0.1, -0.05) is 23.7 Å². The van der Waals surface area contributed by atoms with E-state index in [1.165, 1.54) is 0 Å². The Labute approximate surface area is 97.8 Å². The third-order valence-electron chi connectivity index (χ3n) is 1.55. The Morgan fingerprint density at radius 1 is 1.47 bits per heavy atom. The summed E-state index contributed by atoms with van der Waals surface area (Å²) >= 11 is 10.8. The number of carbonyl (C=O) groups is 1. The largest absolute Gasteiger partial charge is 0.368 e. The highest BCUT2D eigenvalue weighted by Gasteiger charge is 2.01. The average molecular weight is 244 g/mol. The van der Waals surface area contributed by atoms with Crippen LogP contribution in [0.15, 0.2) is 24.3 Å². The van der Waals surface area contributed by atoms with Crippen LogP contribution in [-0.2, 0) is 4.79 Å². The van der Waals surface area contributed by atoms with Gasteiger partial charge >= 0.3 is 0 Å². The van der Waals surface area contributed by atoms with Crippen molar-refractivity contribution in [3.8, 4) is 0 Å². The first kappa shape index (κ1) is 11.7. The molecule has 4 N–H and O–H groups in total. The molecular weight excluding hydrogens is 234 g/mol. The number of primary amides is 1. The predicted molar refractivity (Wildman–Crippen MR) is 64.9 cm³/mol. The molecule has 1 rings (SSSR count). The van der Waals surface area contributed by atoms with E-state index in [0.717, 1.165) is 0 Å². The van der Waals surface area contributed by atoms with Crippen molar-refractivity contribution in [3.63, 3.8) is 0 Å². The second kappa shape index (κ2) is 5.53. The normalized spacial score (nSPS) is 9.40. The van der Waals surface area contributed by atoms with Crippen molar-refractivity contribution in [1.29, 1.82) is 0 Å². The fourth-order valence-corrected chi connectivity index (χ4v) is 1.26. The number of thiocarbonyl (C=S) groups is 1. The first-order chi connectivity index (χ1) is 7.09. The van der Waals surface area contributed by atoms with Crippen LogP contribution in [0.5, 0.6) is 0 Å². The van der Waals surface area contributed by atoms with Crippen molar-refractivity contribution in [1.82, 2.24) is 5.32 Å². The summed E-state index contributed by atoms with van der Waals surface area (Å²) in [7, 11) is 0. The average Bonchev–Trinajstić information content (AvgIpc) is 2.18. The highest BCUT2D eigenvalue weighted by Crippen LogP contribution is 2.19. The van der Waals surface area contributed by atoms with Gasteiger partial charge in [-0.2, -0.15) is 0 Å². The lowest BCUT2D eigenvalue weighted by atomic mass is 10.3. The van der Waals surface area contributed by atoms with E-state index < -0.39 is 5.91 Å². The monoisotopic (exact) mass is 243 g/mol. The topological polar surface area (TPSA) is 67.2 Å². The molecule has 0 atom stereocenters. The van der Waals surface area contributed by atoms with Crippen molar-refractivity contribution in [2.45, 2.75) is 0 Å². The summed E-state index contributed by atoms with van der Waals surface area (Å²) in [6.07, 6.45) is 0. The highest BCUT2D eigenvalue weighted by atomic mass is 35.5. The zero-order valence-electron chi connectivity index (χ0n) is 7.79. The lowest BCUT2D eigenvalue weighted by Crippen LogP contribution is -2.36. The molecular formula is C9H10ClN3OS. The number of hydrogen-bond acceptors (Lipinski definition) is 2. The fourth-order valence-electron chi connectivity index (χ4n) is 0.896. The van der Waals surface area contributed by atoms with Crippen LogP contribution in [0.2, 0.25) is 5.02 Å². The molecule has 1 amide bonds. The van der Waals surface area contributed by atoms with Crippen LogP contribution in [-0.4, -0.2) is 17.6 Å². The summed E-state index contributed by atoms with van der Waals surface area (Å²) in [6.45, 7) is -0.00368. The Balaban J connectivity index is 2.52. The lowest BCUT2D eigenvalue weighted by Gasteiger charge is -2.09. The molecule has 80 valence electrons. The number of para-hydroxylation sites is 1. The number of benzene rings is 1. The summed E-state index contributed by atoms with van der Waals surface area (Å²) < 4.78 is 0. The second-order valence-electron chi connectivity index (χ2n) is 2.75. The van der Waals surface area contributed by atoms with Gasteiger partial charge in [0.15, 0.2) is 5.11 Å². The van der Waals surface area contributed by atoms with E-state index in [1.54, 1.807) is 12.1 Å². The third kappa shape index (κ3) is 4.14. The van der Waals surface area contributed by atoms with E-state index >= 15 is 0 Å². The molecule has 1 aromatic rings. The van der Waals surface area contributed by atoms with Crippen LogP contribution in [0.1, 0.15) is 0 Å². The Hall–Kier alpha value is -1.33. The minimum atomic E-state index is -0.474. The first-order valence-electron chi connectivity index (χ1n) is 4.17. The Kier molecular flexibility index (Phi) is 4.33. The van der Waals surface area contributed by atoms with E-state index in [2.05, 4.69) is 10.6 Å². The zero-order valence-corrected chi connectivity index (χ0v) is 9.36. The molecule has 15 heavy (non-hydrogen) atoms. The minimum absolute atomic E-state index is 0.00368. The number of halogens is 1. The van der Waals surface area contributed by atoms with E-state index in [0.29, 0.717) is 15.8 Å². The highest BCUT2D eigenvalue weighted by molar-refractivity contribution is 7.80. The summed E-state index contributed by atoms with van der Waals surface area (Å²) in [6, 6.07) is 7.15. The van der Waals surface area contributed by atoms with Gasteiger partial charge in [0, 0.05) is 0 Å². The van der Waals surface area contributed by atoms with E-state index in [4.69, 9.17) is 29.6 Å². The quantitative estimate of drug-likeness (QED) is 0.696. The van der Waals surface area contributed by atoms with Crippen molar-refractivity contribution < 1.29 is 4.79 Å². The van der Waals surface area contributed by atoms with Crippen LogP contribution in [0.25, 0.3) is 0 Å². The Morgan fingerprint density at radius 3 is 2.73 bits per heavy atom. The fraction of sp³-hybridized carbons (Fsp3) is 0.111. The number of hydrogen-bond donors (Lipinski definition) is 3. The third-order valence-corrected chi connectivity index (χ3v) is 2.12. The van der Waals surface area contributed by atoms with Gasteiger partial charge in [0.05, 0.1) is 17.3 Å². The minimum Gasteiger partial charge on any atom is -0.368 e. The summed E-state index contributed by atoms with van der Waals surface area (Å²) in [4.78, 5) is 10.5. The molecule has 1 aromatic carbocycles. The molecule has 0 saturated carbocycles. The van der Waals surface area contributed by atoms with E-state index in [1.807, 2.05) is 12.1 Å². The lowest BCUT2D eigenvalue weighted by molar-refractivity contribution is -0.116. The van der Waals surface area contributed by atoms with Gasteiger partial charge < -0.3 is 16.4 Å². The molecule has 0 fully saturated rings. The van der Waals surface area contributed by atoms with Crippen LogP contribution in [0, 0.1) is 0 Å². The van der Waals surface area contributed by atoms with Gasteiger partial charge in [-0.05, 0) is 24.4 Å². The number of carbonyl (C=O) groups excluding carboxylic acids is 1. The van der Waals surface area contributed by atoms with Crippen molar-refractivity contribution >= 4 is 40.5 Å². The molecule has 0 aliphatic carbocycles. The van der Waals surface area contributed by atoms with Crippen molar-refractivity contribution in [3.05, 3.63) is 29.3 Å². The molecule has 0 saturated heterocycles. The number of rotatable bonds is 3. The van der Waals surface area contributed by atoms with Gasteiger partial charge in [0.25, 0.3) is 0 Å². The molecule has 0 aliphatic heterocycles. The smallest absolute Gasteiger partial charge is 0.236 e. The zero-order chi connectivity index (χ0) is 11.3. The maximum Gasteiger partial charge on any atom is 0.236 e. The Bertz CT molecular complexity index is 383. The van der Waals surface area contributed by atoms with E-state index in [9.17, 15) is 4.79 Å². The number of nitrogens with one attached hydrogen (secondary N) is 2. The predicted octanol–water partition coefficient (Wildman–Crippen LogP) is 1.11. The van der Waals surface area contributed by atoms with Gasteiger partial charge in [0.2, 0.25) is 5.91 Å². The number of nitrogens with two attached hydrogens (primary N) is 1. The van der Waals surface area contributed by atoms with Gasteiger partial charge in [-0.15, -0.1) is 0 Å². The van der Waals surface area contributed by atoms with Gasteiger partial charge in [-0.25, -0.2) is 0 Å². The first-order valence-corrected chi connectivity index (χ1v) is 4.96. The maximum absolute atomic E-state index is 10.5. The van der Waals surface area contributed by atoms with Gasteiger partial charge in [-0.3, -0.25) is 4.79 Å². The molecule has 0 bridgehead atoms. The molecule has 6 heteroatoms. The molecule has 0 unspecified atom stereocenters. The van der Waals surface area contributed by atoms with Crippen LogP contribution < -0.4 is 16.4 Å². The molecule has 0 radical (unpaired) electrons. The molecule has 0 spiro atoms. The SMILES string of the molecule is NC(=O)CNC(=S)Nc1ccccc1Cl. The number of anilines is 1. The summed E-state index contributed by atoms with van der Waals surface area (Å²) in [5.74, 6) is -0.474. The van der Waals surface area contributed by atoms with Crippen molar-refractivity contribution in [2.75, 3.05) is 11.9 Å². The maximum atomic E-state index is 10.5. The molecule has 0 aromatic heterocycles. The van der Waals surface area contributed by atoms with Crippen molar-refractivity contribution in [2.24, 2.45) is 5.73 Å². The summed E-state index contributed by atoms with van der Waals surface area (Å²) in [5.41, 5.74) is 5.63. The van der Waals surface area contributed by atoms with Gasteiger partial charge in [0.1, 0.15) is 0 Å². The van der Waals surface area contributed by atoms with Crippen LogP contribution >= 0.6 is 23.8 Å². The van der Waals surface area contributed by atoms with E-state index in [-0.39, 0.29) is 6.54 Å². The second-order valence-corrected chi connectivity index (χ2v) is 3.57. The summed E-state index contributed by atoms with van der Waals surface area (Å²) in [5, 5.41) is 6.35. The van der Waals surface area contributed by atoms with Crippen LogP contribution in [0.4, 0.5) is 5.69 Å². The molecule has 0 heterocycles. The number of amides is 1. The molecule has 4 nitrogen and oxygen atoms in total. The van der Waals surface area contributed by atoms with Crippen LogP contribution in [0.3, 0.4) is 0 Å².